The van der Waals surface area contributed by atoms with Crippen LogP contribution in [0.1, 0.15) is 66.4 Å². The zero-order chi connectivity index (χ0) is 40.0. The summed E-state index contributed by atoms with van der Waals surface area (Å²) in [4.78, 5) is 32.7. The van der Waals surface area contributed by atoms with Crippen molar-refractivity contribution < 1.29 is 19.0 Å². The van der Waals surface area contributed by atoms with Crippen molar-refractivity contribution in [2.24, 2.45) is 10.7 Å². The van der Waals surface area contributed by atoms with Crippen LogP contribution in [0.15, 0.2) is 59.1 Å². The Morgan fingerprint density at radius 3 is 2.61 bits per heavy atom. The molecule has 0 unspecified atom stereocenters. The summed E-state index contributed by atoms with van der Waals surface area (Å²) in [7, 11) is 6.02. The SMILES string of the molecule is C/C(=C/C(=N)N(CCCCCN(C)C1CCNCC1)c1nc(C(=O)O)c(CCCOc2ccc(C#CCN(C)C)cc2F)s1)C(N)=Nc1nc2ccccc2s1. The number of nitrogens with one attached hydrogen (secondary N) is 2. The van der Waals surface area contributed by atoms with Gasteiger partial charge in [-0.1, -0.05) is 41.7 Å². The summed E-state index contributed by atoms with van der Waals surface area (Å²) in [5.41, 5.74) is 8.33. The van der Waals surface area contributed by atoms with E-state index in [1.165, 1.54) is 28.7 Å². The average Bonchev–Trinajstić information content (AvgIpc) is 3.79. The smallest absolute Gasteiger partial charge is 0.355 e. The van der Waals surface area contributed by atoms with Crippen molar-refractivity contribution in [1.29, 1.82) is 5.41 Å². The number of halogens is 1. The number of carbonyl (C=O) groups is 1. The summed E-state index contributed by atoms with van der Waals surface area (Å²) in [6.45, 7) is 6.10. The fourth-order valence-corrected chi connectivity index (χ4v) is 8.20. The Morgan fingerprint density at radius 2 is 1.88 bits per heavy atom. The molecule has 0 amide bonds. The maximum atomic E-state index is 14.8. The summed E-state index contributed by atoms with van der Waals surface area (Å²) in [6, 6.07) is 13.0. The van der Waals surface area contributed by atoms with Gasteiger partial charge in [-0.05, 0) is 128 Å². The van der Waals surface area contributed by atoms with Gasteiger partial charge in [0.25, 0.3) is 0 Å². The lowest BCUT2D eigenvalue weighted by Crippen LogP contribution is -2.41. The number of aromatic carboxylic acids is 1. The first-order chi connectivity index (χ1) is 27.0. The molecule has 2 aromatic heterocycles. The van der Waals surface area contributed by atoms with Gasteiger partial charge in [-0.2, -0.15) is 0 Å². The van der Waals surface area contributed by atoms with Gasteiger partial charge in [0, 0.05) is 23.0 Å². The zero-order valence-electron chi connectivity index (χ0n) is 32.6. The molecule has 0 aliphatic carbocycles. The third-order valence-corrected chi connectivity index (χ3v) is 11.4. The van der Waals surface area contributed by atoms with Gasteiger partial charge < -0.3 is 30.7 Å². The van der Waals surface area contributed by atoms with Gasteiger partial charge in [-0.15, -0.1) is 11.3 Å². The van der Waals surface area contributed by atoms with Crippen molar-refractivity contribution in [2.45, 2.75) is 57.9 Å². The third kappa shape index (κ3) is 12.4. The number of nitrogens with two attached hydrogens (primary N) is 1. The molecule has 0 spiro atoms. The normalized spacial score (nSPS) is 14.0. The Morgan fingerprint density at radius 1 is 1.11 bits per heavy atom. The predicted molar refractivity (Wildman–Crippen MR) is 227 cm³/mol. The van der Waals surface area contributed by atoms with E-state index in [0.717, 1.165) is 62.0 Å². The molecular formula is C41H52FN9O3S2. The van der Waals surface area contributed by atoms with Crippen molar-refractivity contribution in [3.8, 4) is 17.6 Å². The number of unbranched alkanes of at least 4 members (excludes halogenated alkanes) is 2. The number of ether oxygens (including phenoxy) is 1. The second-order valence-corrected chi connectivity index (χ2v) is 16.1. The van der Waals surface area contributed by atoms with Crippen molar-refractivity contribution in [3.05, 3.63) is 76.1 Å². The first kappa shape index (κ1) is 42.4. The van der Waals surface area contributed by atoms with Crippen molar-refractivity contribution in [1.82, 2.24) is 25.1 Å². The molecule has 5 N–H and O–H groups in total. The predicted octanol–water partition coefficient (Wildman–Crippen LogP) is 6.79. The molecule has 0 radical (unpaired) electrons. The van der Waals surface area contributed by atoms with Crippen LogP contribution in [0.25, 0.3) is 10.2 Å². The highest BCUT2D eigenvalue weighted by Crippen LogP contribution is 2.30. The number of amidine groups is 2. The Bertz CT molecular complexity index is 2050. The van der Waals surface area contributed by atoms with Gasteiger partial charge in [0.15, 0.2) is 22.4 Å². The van der Waals surface area contributed by atoms with E-state index in [1.54, 1.807) is 30.0 Å². The first-order valence-electron chi connectivity index (χ1n) is 18.9. The Kier molecular flexibility index (Phi) is 15.9. The van der Waals surface area contributed by atoms with Crippen LogP contribution in [0.3, 0.4) is 0 Å². The summed E-state index contributed by atoms with van der Waals surface area (Å²) in [5.74, 6) is 4.76. The van der Waals surface area contributed by atoms with E-state index in [9.17, 15) is 14.3 Å². The average molecular weight is 802 g/mol. The van der Waals surface area contributed by atoms with Crippen LogP contribution in [0.4, 0.5) is 14.7 Å². The quantitative estimate of drug-likeness (QED) is 0.0366. The van der Waals surface area contributed by atoms with E-state index in [2.05, 4.69) is 44.1 Å². The van der Waals surface area contributed by atoms with Crippen molar-refractivity contribution in [2.75, 3.05) is 65.4 Å². The summed E-state index contributed by atoms with van der Waals surface area (Å²) in [6.07, 6.45) is 7.46. The van der Waals surface area contributed by atoms with Gasteiger partial charge in [0.05, 0.1) is 23.4 Å². The highest BCUT2D eigenvalue weighted by molar-refractivity contribution is 7.22. The molecule has 1 aliphatic rings. The lowest BCUT2D eigenvalue weighted by Gasteiger charge is -2.31. The lowest BCUT2D eigenvalue weighted by molar-refractivity contribution is 0.0690. The second kappa shape index (κ2) is 21.0. The summed E-state index contributed by atoms with van der Waals surface area (Å²) >= 11 is 2.68. The van der Waals surface area contributed by atoms with Gasteiger partial charge in [-0.25, -0.2) is 24.1 Å². The third-order valence-electron chi connectivity index (χ3n) is 9.36. The number of anilines is 1. The van der Waals surface area contributed by atoms with E-state index in [1.807, 2.05) is 43.3 Å². The number of carboxylic acids is 1. The Labute approximate surface area is 336 Å². The fourth-order valence-electron chi connectivity index (χ4n) is 6.21. The number of nitrogens with zero attached hydrogens (tertiary/aromatic N) is 6. The van der Waals surface area contributed by atoms with Crippen LogP contribution < -0.4 is 20.7 Å². The minimum Gasteiger partial charge on any atom is -0.491 e. The standard InChI is InChI=1S/C41H52FN9O3S2/c1-28(38(44)48-40-46-32-13-6-7-14-34(32)55-40)26-36(43)51(24-9-5-8-23-50(4)30-18-20-45-21-19-30)41-47-37(39(52)53)35(56-41)15-11-25-54-33-17-16-29(27-31(33)42)12-10-22-49(2)3/h6-7,13-14,16-17,26-27,30,43,45H,5,8-9,11,15,18-25H2,1-4H3,(H,52,53)(H2,44,46,48)/b28-26-,43-36?. The van der Waals surface area contributed by atoms with Crippen LogP contribution >= 0.6 is 22.7 Å². The number of benzene rings is 2. The highest BCUT2D eigenvalue weighted by atomic mass is 32.1. The number of fused-ring (bicyclic) bond motifs is 1. The van der Waals surface area contributed by atoms with Crippen LogP contribution in [0, 0.1) is 23.1 Å². The van der Waals surface area contributed by atoms with Crippen LogP contribution in [0.2, 0.25) is 0 Å². The van der Waals surface area contributed by atoms with Crippen LogP contribution in [0.5, 0.6) is 5.75 Å². The molecule has 1 fully saturated rings. The highest BCUT2D eigenvalue weighted by Gasteiger charge is 2.23. The molecule has 4 aromatic rings. The molecule has 0 saturated carbocycles. The number of hydrogen-bond donors (Lipinski definition) is 4. The van der Waals surface area contributed by atoms with Crippen molar-refractivity contribution in [3.63, 3.8) is 0 Å². The molecule has 5 rings (SSSR count). The van der Waals surface area contributed by atoms with Gasteiger partial charge in [-0.3, -0.25) is 10.3 Å². The number of hydrogen-bond acceptors (Lipinski definition) is 11. The number of thiazole rings is 2. The second-order valence-electron chi connectivity index (χ2n) is 14.1. The van der Waals surface area contributed by atoms with E-state index in [4.69, 9.17) is 15.9 Å². The van der Waals surface area contributed by atoms with Gasteiger partial charge in [0.2, 0.25) is 5.13 Å². The molecule has 0 atom stereocenters. The summed E-state index contributed by atoms with van der Waals surface area (Å²) in [5, 5.41) is 23.7. The number of aromatic nitrogens is 2. The number of carboxylic acid groups (broad SMARTS) is 1. The number of para-hydroxylation sites is 1. The lowest BCUT2D eigenvalue weighted by atomic mass is 10.0. The number of aryl methyl sites for hydroxylation is 1. The maximum absolute atomic E-state index is 14.8. The molecule has 15 heteroatoms. The molecule has 12 nitrogen and oxygen atoms in total. The van der Waals surface area contributed by atoms with Crippen LogP contribution in [-0.4, -0.2) is 109 Å². The van der Waals surface area contributed by atoms with Crippen molar-refractivity contribution >= 4 is 60.8 Å². The number of piperidine rings is 1. The zero-order valence-corrected chi connectivity index (χ0v) is 34.2. The van der Waals surface area contributed by atoms with Crippen LogP contribution in [-0.2, 0) is 6.42 Å². The molecule has 56 heavy (non-hydrogen) atoms. The molecule has 298 valence electrons. The minimum absolute atomic E-state index is 0.0594. The molecule has 3 heterocycles. The number of aliphatic imine (C=N–C) groups is 1. The van der Waals surface area contributed by atoms with E-state index >= 15 is 0 Å². The first-order valence-corrected chi connectivity index (χ1v) is 20.6. The monoisotopic (exact) mass is 801 g/mol. The minimum atomic E-state index is -1.15. The molecule has 1 aliphatic heterocycles. The van der Waals surface area contributed by atoms with E-state index < -0.39 is 11.8 Å². The van der Waals surface area contributed by atoms with E-state index in [0.29, 0.717) is 58.2 Å². The summed E-state index contributed by atoms with van der Waals surface area (Å²) < 4.78 is 21.5. The Balaban J connectivity index is 1.27. The largest absolute Gasteiger partial charge is 0.491 e. The maximum Gasteiger partial charge on any atom is 0.355 e. The number of rotatable bonds is 18. The topological polar surface area (TPSA) is 156 Å². The Hall–Kier alpha value is -4.72. The molecule has 0 bridgehead atoms. The molecule has 2 aromatic carbocycles. The van der Waals surface area contributed by atoms with Gasteiger partial charge in [0.1, 0.15) is 11.7 Å². The molecular weight excluding hydrogens is 750 g/mol. The fraction of sp³-hybridized carbons (Fsp3) is 0.439. The van der Waals surface area contributed by atoms with E-state index in [-0.39, 0.29) is 29.7 Å². The van der Waals surface area contributed by atoms with Gasteiger partial charge >= 0.3 is 5.97 Å². The molecule has 1 saturated heterocycles.